The predicted octanol–water partition coefficient (Wildman–Crippen LogP) is 18.7. The Hall–Kier alpha value is -8.58. The summed E-state index contributed by atoms with van der Waals surface area (Å²) in [5.41, 5.74) is 9.92. The van der Waals surface area contributed by atoms with Crippen LogP contribution in [0.25, 0.3) is 141 Å². The van der Waals surface area contributed by atoms with E-state index < -0.39 is 0 Å². The monoisotopic (exact) mass is 832 g/mol. The van der Waals surface area contributed by atoms with Gasteiger partial charge < -0.3 is 0 Å². The Kier molecular flexibility index (Phi) is 8.08. The lowest BCUT2D eigenvalue weighted by Gasteiger charge is -2.18. The molecule has 0 radical (unpaired) electrons. The smallest absolute Gasteiger partial charge is 0.00139 e. The van der Waals surface area contributed by atoms with Gasteiger partial charge in [-0.3, -0.25) is 0 Å². The van der Waals surface area contributed by atoms with Crippen molar-refractivity contribution in [2.24, 2.45) is 0 Å². The second-order valence-electron chi connectivity index (χ2n) is 17.9. The highest BCUT2D eigenvalue weighted by Gasteiger charge is 2.19. The van der Waals surface area contributed by atoms with Crippen LogP contribution in [0.2, 0.25) is 0 Å². The van der Waals surface area contributed by atoms with Gasteiger partial charge in [-0.15, -0.1) is 0 Å². The molecule has 0 amide bonds. The van der Waals surface area contributed by atoms with Gasteiger partial charge in [0.15, 0.2) is 0 Å². The van der Waals surface area contributed by atoms with Crippen molar-refractivity contribution in [3.05, 3.63) is 243 Å². The van der Waals surface area contributed by atoms with E-state index in [2.05, 4.69) is 243 Å². The van der Waals surface area contributed by atoms with Crippen molar-refractivity contribution in [3.63, 3.8) is 0 Å². The van der Waals surface area contributed by atoms with Crippen molar-refractivity contribution in [2.45, 2.75) is 0 Å². The van der Waals surface area contributed by atoms with Gasteiger partial charge in [-0.1, -0.05) is 218 Å². The molecule has 304 valence electrons. The van der Waals surface area contributed by atoms with Crippen LogP contribution in [0.4, 0.5) is 0 Å². The van der Waals surface area contributed by atoms with Gasteiger partial charge in [-0.25, -0.2) is 0 Å². The van der Waals surface area contributed by atoms with Gasteiger partial charge >= 0.3 is 0 Å². The van der Waals surface area contributed by atoms with Crippen LogP contribution >= 0.6 is 0 Å². The maximum Gasteiger partial charge on any atom is -0.00139 e. The molecule has 0 heteroatoms. The van der Waals surface area contributed by atoms with Gasteiger partial charge in [0, 0.05) is 0 Å². The van der Waals surface area contributed by atoms with Crippen molar-refractivity contribution in [3.8, 4) is 44.5 Å². The minimum absolute atomic E-state index is 1.22. The zero-order valence-electron chi connectivity index (χ0n) is 36.1. The summed E-state index contributed by atoms with van der Waals surface area (Å²) in [6, 6.07) is 90.5. The van der Waals surface area contributed by atoms with Crippen LogP contribution in [0.5, 0.6) is 0 Å². The third-order valence-electron chi connectivity index (χ3n) is 14.4. The molecule has 0 aliphatic rings. The van der Waals surface area contributed by atoms with E-state index in [9.17, 15) is 0 Å². The molecule has 0 aromatic heterocycles. The number of rotatable bonds is 4. The third kappa shape index (κ3) is 5.59. The quantitative estimate of drug-likeness (QED) is 0.155. The van der Waals surface area contributed by atoms with E-state index in [0.717, 1.165) is 0 Å². The second-order valence-corrected chi connectivity index (χ2v) is 17.9. The van der Waals surface area contributed by atoms with Gasteiger partial charge in [-0.05, 0) is 166 Å². The molecule has 0 N–H and O–H groups in total. The Bertz CT molecular complexity index is 4060. The van der Waals surface area contributed by atoms with Crippen LogP contribution in [0.1, 0.15) is 0 Å². The first-order valence-electron chi connectivity index (χ1n) is 23.0. The van der Waals surface area contributed by atoms with Crippen molar-refractivity contribution >= 4 is 97.0 Å². The molecule has 0 saturated carbocycles. The topological polar surface area (TPSA) is 0 Å². The molecule has 14 aromatic carbocycles. The fourth-order valence-corrected chi connectivity index (χ4v) is 11.3. The summed E-state index contributed by atoms with van der Waals surface area (Å²) < 4.78 is 0. The summed E-state index contributed by atoms with van der Waals surface area (Å²) in [6.45, 7) is 0. The van der Waals surface area contributed by atoms with E-state index in [0.29, 0.717) is 0 Å². The summed E-state index contributed by atoms with van der Waals surface area (Å²) in [5.74, 6) is 0. The van der Waals surface area contributed by atoms with Gasteiger partial charge in [-0.2, -0.15) is 0 Å². The molecule has 0 unspecified atom stereocenters. The molecule has 0 saturated heterocycles. The molecular formula is C66H40. The second kappa shape index (κ2) is 14.5. The van der Waals surface area contributed by atoms with Gasteiger partial charge in [0.05, 0.1) is 0 Å². The van der Waals surface area contributed by atoms with Crippen LogP contribution in [0.3, 0.4) is 0 Å². The highest BCUT2D eigenvalue weighted by atomic mass is 14.2. The Balaban J connectivity index is 0.960. The average Bonchev–Trinajstić information content (AvgIpc) is 3.39. The highest BCUT2D eigenvalue weighted by Crippen LogP contribution is 2.47. The summed E-state index contributed by atoms with van der Waals surface area (Å²) in [4.78, 5) is 0. The van der Waals surface area contributed by atoms with E-state index in [1.807, 2.05) is 0 Å². The summed E-state index contributed by atoms with van der Waals surface area (Å²) >= 11 is 0. The first-order valence-corrected chi connectivity index (χ1v) is 23.0. The molecule has 0 aliphatic heterocycles. The highest BCUT2D eigenvalue weighted by molar-refractivity contribution is 6.40. The SMILES string of the molecule is c1ccc2cc(-c3cccc4c(-c5ccc6c(c5)c5ccccc5c5c7ccc(-c8cccc9c(-c%10ccc%11ccccc%11c%10)cccc89)cc7c7ccccc7c65)cccc34)ccc2c1. The van der Waals surface area contributed by atoms with Gasteiger partial charge in [0.1, 0.15) is 0 Å². The Morgan fingerprint density at radius 2 is 0.439 bits per heavy atom. The van der Waals surface area contributed by atoms with Crippen LogP contribution < -0.4 is 0 Å². The van der Waals surface area contributed by atoms with Gasteiger partial charge in [0.25, 0.3) is 0 Å². The number of hydrogen-bond donors (Lipinski definition) is 0. The van der Waals surface area contributed by atoms with Gasteiger partial charge in [0.2, 0.25) is 0 Å². The number of fused-ring (bicyclic) bond motifs is 15. The third-order valence-corrected chi connectivity index (χ3v) is 14.4. The van der Waals surface area contributed by atoms with Crippen LogP contribution in [-0.4, -0.2) is 0 Å². The van der Waals surface area contributed by atoms with E-state index in [1.54, 1.807) is 0 Å². The molecular weight excluding hydrogens is 793 g/mol. The average molecular weight is 833 g/mol. The van der Waals surface area contributed by atoms with Crippen molar-refractivity contribution < 1.29 is 0 Å². The number of benzene rings is 14. The fraction of sp³-hybridized carbons (Fsp3) is 0. The van der Waals surface area contributed by atoms with Crippen LogP contribution in [-0.2, 0) is 0 Å². The minimum Gasteiger partial charge on any atom is -0.0616 e. The molecule has 0 nitrogen and oxygen atoms in total. The maximum absolute atomic E-state index is 2.45. The molecule has 0 bridgehead atoms. The summed E-state index contributed by atoms with van der Waals surface area (Å²) in [7, 11) is 0. The minimum atomic E-state index is 1.22. The zero-order valence-corrected chi connectivity index (χ0v) is 36.1. The van der Waals surface area contributed by atoms with Crippen molar-refractivity contribution in [1.29, 1.82) is 0 Å². The predicted molar refractivity (Wildman–Crippen MR) is 286 cm³/mol. The zero-order chi connectivity index (χ0) is 43.3. The lowest BCUT2D eigenvalue weighted by atomic mass is 9.85. The van der Waals surface area contributed by atoms with E-state index in [1.165, 1.54) is 141 Å². The first kappa shape index (κ1) is 36.9. The lowest BCUT2D eigenvalue weighted by Crippen LogP contribution is -1.91. The van der Waals surface area contributed by atoms with Crippen LogP contribution in [0.15, 0.2) is 243 Å². The van der Waals surface area contributed by atoms with Crippen molar-refractivity contribution in [1.82, 2.24) is 0 Å². The lowest BCUT2D eigenvalue weighted by molar-refractivity contribution is 1.66. The Morgan fingerprint density at radius 3 is 0.833 bits per heavy atom. The molecule has 66 heavy (non-hydrogen) atoms. The fourth-order valence-electron chi connectivity index (χ4n) is 11.3. The van der Waals surface area contributed by atoms with E-state index in [4.69, 9.17) is 0 Å². The molecule has 0 aliphatic carbocycles. The Labute approximate surface area is 382 Å². The maximum atomic E-state index is 2.45. The summed E-state index contributed by atoms with van der Waals surface area (Å²) in [5, 5.41) is 22.9. The molecule has 14 aromatic rings. The Morgan fingerprint density at radius 1 is 0.152 bits per heavy atom. The standard InChI is InChI=1S/C66H40/c1-3-15-43-37-45(31-29-41(43)13-1)49-21-9-27-55-51(23-11-25-53(49)55)47-33-35-61-63(39-47)57-17-5-7-19-59(57)66-62-36-34-48(40-64(62)58-18-6-8-20-60(58)65(61)66)52-24-12-26-54-50(22-10-28-56(52)54)46-32-30-42-14-2-4-16-44(42)38-46/h1-40H. The molecule has 14 rings (SSSR count). The molecule has 0 fully saturated rings. The normalized spacial score (nSPS) is 11.9. The largest absolute Gasteiger partial charge is 0.0616 e. The van der Waals surface area contributed by atoms with Crippen molar-refractivity contribution in [2.75, 3.05) is 0 Å². The number of hydrogen-bond acceptors (Lipinski definition) is 0. The molecule has 0 spiro atoms. The van der Waals surface area contributed by atoms with Crippen LogP contribution in [0, 0.1) is 0 Å². The summed E-state index contributed by atoms with van der Waals surface area (Å²) in [6.07, 6.45) is 0. The molecule has 0 atom stereocenters. The van der Waals surface area contributed by atoms with E-state index >= 15 is 0 Å². The first-order chi connectivity index (χ1) is 32.7. The van der Waals surface area contributed by atoms with E-state index in [-0.39, 0.29) is 0 Å². The molecule has 0 heterocycles.